The zero-order chi connectivity index (χ0) is 22.1. The molecule has 2 aromatic carbocycles. The standard InChI is InChI=1S/C20H18Cl2N2O2S2.C2H6/c1-27-19-17(13-7-8-15(21)16(22)10-13)24-20(28-19)23-11-14(18(25)26)9-12-5-3-2-4-6-12;1-2/h2-8,10,14H,9,11H2,1H3,(H,23,24)(H,25,26);1-2H3. The van der Waals surface area contributed by atoms with E-state index in [4.69, 9.17) is 23.2 Å². The molecule has 3 rings (SSSR count). The highest BCUT2D eigenvalue weighted by Gasteiger charge is 2.20. The number of benzene rings is 2. The summed E-state index contributed by atoms with van der Waals surface area (Å²) in [6.45, 7) is 4.30. The Morgan fingerprint density at radius 3 is 2.47 bits per heavy atom. The molecule has 1 atom stereocenters. The van der Waals surface area contributed by atoms with Crippen LogP contribution in [0.15, 0.2) is 52.7 Å². The fourth-order valence-corrected chi connectivity index (χ4v) is 4.66. The molecule has 0 aliphatic heterocycles. The predicted molar refractivity (Wildman–Crippen MR) is 130 cm³/mol. The van der Waals surface area contributed by atoms with Crippen molar-refractivity contribution in [3.05, 3.63) is 64.1 Å². The molecule has 0 radical (unpaired) electrons. The highest BCUT2D eigenvalue weighted by molar-refractivity contribution is 8.00. The smallest absolute Gasteiger partial charge is 0.308 e. The van der Waals surface area contributed by atoms with Crippen LogP contribution in [0.25, 0.3) is 11.3 Å². The number of anilines is 1. The minimum absolute atomic E-state index is 0.298. The molecule has 0 saturated carbocycles. The van der Waals surface area contributed by atoms with E-state index in [2.05, 4.69) is 10.3 Å². The molecule has 3 aromatic rings. The topological polar surface area (TPSA) is 62.2 Å². The highest BCUT2D eigenvalue weighted by atomic mass is 35.5. The Bertz CT molecular complexity index is 965. The van der Waals surface area contributed by atoms with Crippen molar-refractivity contribution in [3.8, 4) is 11.3 Å². The van der Waals surface area contributed by atoms with Crippen LogP contribution in [0.5, 0.6) is 0 Å². The quantitative estimate of drug-likeness (QED) is 0.331. The van der Waals surface area contributed by atoms with E-state index in [0.29, 0.717) is 28.1 Å². The molecule has 0 aliphatic rings. The molecular formula is C22H24Cl2N2O2S2. The molecule has 0 amide bonds. The molecule has 160 valence electrons. The third kappa shape index (κ3) is 6.64. The number of carbonyl (C=O) groups is 1. The summed E-state index contributed by atoms with van der Waals surface area (Å²) >= 11 is 15.2. The van der Waals surface area contributed by atoms with Crippen molar-refractivity contribution >= 4 is 57.4 Å². The van der Waals surface area contributed by atoms with Gasteiger partial charge in [-0.1, -0.05) is 84.8 Å². The lowest BCUT2D eigenvalue weighted by molar-refractivity contribution is -0.141. The maximum atomic E-state index is 11.7. The minimum atomic E-state index is -0.831. The van der Waals surface area contributed by atoms with Gasteiger partial charge in [-0.25, -0.2) is 4.98 Å². The minimum Gasteiger partial charge on any atom is -0.481 e. The van der Waals surface area contributed by atoms with Crippen LogP contribution in [-0.2, 0) is 11.2 Å². The van der Waals surface area contributed by atoms with Gasteiger partial charge in [0.25, 0.3) is 0 Å². The molecule has 0 spiro atoms. The summed E-state index contributed by atoms with van der Waals surface area (Å²) in [5.74, 6) is -1.37. The van der Waals surface area contributed by atoms with Gasteiger partial charge >= 0.3 is 5.97 Å². The monoisotopic (exact) mass is 482 g/mol. The Morgan fingerprint density at radius 2 is 1.87 bits per heavy atom. The zero-order valence-corrected chi connectivity index (χ0v) is 20.1. The first-order valence-electron chi connectivity index (χ1n) is 9.48. The predicted octanol–water partition coefficient (Wildman–Crippen LogP) is 7.22. The Labute approximate surface area is 195 Å². The number of rotatable bonds is 8. The first kappa shape index (κ1) is 24.5. The Kier molecular flexibility index (Phi) is 9.98. The highest BCUT2D eigenvalue weighted by Crippen LogP contribution is 2.39. The molecule has 8 heteroatoms. The van der Waals surface area contributed by atoms with Gasteiger partial charge in [0, 0.05) is 12.1 Å². The van der Waals surface area contributed by atoms with E-state index in [1.165, 1.54) is 11.3 Å². The number of nitrogens with zero attached hydrogens (tertiary/aromatic N) is 1. The van der Waals surface area contributed by atoms with Crippen LogP contribution < -0.4 is 5.32 Å². The van der Waals surface area contributed by atoms with Gasteiger partial charge in [-0.2, -0.15) is 0 Å². The number of thiazole rings is 1. The van der Waals surface area contributed by atoms with Crippen molar-refractivity contribution < 1.29 is 9.90 Å². The van der Waals surface area contributed by atoms with E-state index in [-0.39, 0.29) is 0 Å². The van der Waals surface area contributed by atoms with Crippen LogP contribution in [-0.4, -0.2) is 28.9 Å². The van der Waals surface area contributed by atoms with Crippen LogP contribution in [0, 0.1) is 5.92 Å². The lowest BCUT2D eigenvalue weighted by Gasteiger charge is -2.12. The van der Waals surface area contributed by atoms with E-state index >= 15 is 0 Å². The Hall–Kier alpha value is -1.73. The second-order valence-electron chi connectivity index (χ2n) is 6.09. The van der Waals surface area contributed by atoms with Crippen molar-refractivity contribution in [1.29, 1.82) is 0 Å². The van der Waals surface area contributed by atoms with Crippen molar-refractivity contribution in [2.24, 2.45) is 5.92 Å². The molecule has 0 bridgehead atoms. The van der Waals surface area contributed by atoms with Crippen molar-refractivity contribution in [2.75, 3.05) is 18.1 Å². The lowest BCUT2D eigenvalue weighted by atomic mass is 9.99. The SMILES string of the molecule is CC.CSc1sc(NCC(Cc2ccccc2)C(=O)O)nc1-c1ccc(Cl)c(Cl)c1. The van der Waals surface area contributed by atoms with Gasteiger partial charge < -0.3 is 10.4 Å². The molecule has 4 nitrogen and oxygen atoms in total. The van der Waals surface area contributed by atoms with Gasteiger partial charge in [0.1, 0.15) is 0 Å². The fraction of sp³-hybridized carbons (Fsp3) is 0.273. The average molecular weight is 483 g/mol. The van der Waals surface area contributed by atoms with Gasteiger partial charge in [-0.15, -0.1) is 11.8 Å². The molecule has 0 fully saturated rings. The summed E-state index contributed by atoms with van der Waals surface area (Å²) in [5, 5.41) is 14.4. The van der Waals surface area contributed by atoms with Crippen molar-refractivity contribution in [2.45, 2.75) is 24.5 Å². The second kappa shape index (κ2) is 12.2. The maximum Gasteiger partial charge on any atom is 0.308 e. The molecule has 30 heavy (non-hydrogen) atoms. The average Bonchev–Trinajstić information content (AvgIpc) is 3.18. The van der Waals surface area contributed by atoms with E-state index < -0.39 is 11.9 Å². The molecular weight excluding hydrogens is 459 g/mol. The summed E-state index contributed by atoms with van der Waals surface area (Å²) in [6.07, 6.45) is 2.44. The zero-order valence-electron chi connectivity index (χ0n) is 17.0. The van der Waals surface area contributed by atoms with Crippen LogP contribution >= 0.6 is 46.3 Å². The number of thioether (sulfide) groups is 1. The molecule has 0 saturated heterocycles. The first-order chi connectivity index (χ1) is 14.5. The number of carboxylic acids is 1. The van der Waals surface area contributed by atoms with E-state index in [0.717, 1.165) is 21.0 Å². The largest absolute Gasteiger partial charge is 0.481 e. The number of halogens is 2. The lowest BCUT2D eigenvalue weighted by Crippen LogP contribution is -2.25. The molecule has 1 heterocycles. The normalized spacial score (nSPS) is 11.4. The van der Waals surface area contributed by atoms with Gasteiger partial charge in [0.2, 0.25) is 0 Å². The van der Waals surface area contributed by atoms with E-state index in [1.54, 1.807) is 23.9 Å². The van der Waals surface area contributed by atoms with Crippen LogP contribution in [0.4, 0.5) is 5.13 Å². The van der Waals surface area contributed by atoms with E-state index in [9.17, 15) is 9.90 Å². The van der Waals surface area contributed by atoms with Gasteiger partial charge in [0.15, 0.2) is 5.13 Å². The van der Waals surface area contributed by atoms with Gasteiger partial charge in [0.05, 0.1) is 25.9 Å². The molecule has 1 aromatic heterocycles. The van der Waals surface area contributed by atoms with Gasteiger partial charge in [-0.3, -0.25) is 4.79 Å². The number of nitrogens with one attached hydrogen (secondary N) is 1. The number of aliphatic carboxylic acids is 1. The van der Waals surface area contributed by atoms with Crippen LogP contribution in [0.3, 0.4) is 0 Å². The van der Waals surface area contributed by atoms with E-state index in [1.807, 2.05) is 56.5 Å². The second-order valence-corrected chi connectivity index (χ2v) is 8.98. The summed E-state index contributed by atoms with van der Waals surface area (Å²) < 4.78 is 1.02. The van der Waals surface area contributed by atoms with Crippen LogP contribution in [0.2, 0.25) is 10.0 Å². The third-order valence-electron chi connectivity index (χ3n) is 4.15. The number of hydrogen-bond acceptors (Lipinski definition) is 5. The van der Waals surface area contributed by atoms with Crippen LogP contribution in [0.1, 0.15) is 19.4 Å². The van der Waals surface area contributed by atoms with Crippen molar-refractivity contribution in [3.63, 3.8) is 0 Å². The molecule has 2 N–H and O–H groups in total. The Balaban J connectivity index is 0.00000155. The maximum absolute atomic E-state index is 11.7. The van der Waals surface area contributed by atoms with Gasteiger partial charge in [-0.05, 0) is 30.4 Å². The van der Waals surface area contributed by atoms with Crippen molar-refractivity contribution in [1.82, 2.24) is 4.98 Å². The third-order valence-corrected chi connectivity index (χ3v) is 7.01. The fourth-order valence-electron chi connectivity index (χ4n) is 2.70. The summed E-state index contributed by atoms with van der Waals surface area (Å²) in [7, 11) is 0. The summed E-state index contributed by atoms with van der Waals surface area (Å²) in [5.41, 5.74) is 2.69. The summed E-state index contributed by atoms with van der Waals surface area (Å²) in [6, 6.07) is 15.0. The summed E-state index contributed by atoms with van der Waals surface area (Å²) in [4.78, 5) is 16.3. The number of carboxylic acid groups (broad SMARTS) is 1. The first-order valence-corrected chi connectivity index (χ1v) is 12.3. The molecule has 0 aliphatic carbocycles. The number of aromatic nitrogens is 1. The molecule has 1 unspecified atom stereocenters. The Morgan fingerprint density at radius 1 is 1.17 bits per heavy atom. The number of hydrogen-bond donors (Lipinski definition) is 2.